The average molecular weight is 674 g/mol. The second-order valence-corrected chi connectivity index (χ2v) is 35.1. The molecule has 0 nitrogen and oxygen atoms in total. The van der Waals surface area contributed by atoms with Gasteiger partial charge in [-0.05, 0) is 0 Å². The Kier molecular flexibility index (Phi) is 9.47. The third-order valence-corrected chi connectivity index (χ3v) is 30.1. The Bertz CT molecular complexity index is 1410. The van der Waals surface area contributed by atoms with Gasteiger partial charge in [-0.3, -0.25) is 0 Å². The van der Waals surface area contributed by atoms with Crippen LogP contribution in [0.3, 0.4) is 0 Å². The van der Waals surface area contributed by atoms with Gasteiger partial charge < -0.3 is 0 Å². The molecule has 2 aromatic carbocycles. The quantitative estimate of drug-likeness (QED) is 0.262. The summed E-state index contributed by atoms with van der Waals surface area (Å²) >= 11 is -3.99. The van der Waals surface area contributed by atoms with Gasteiger partial charge in [0.05, 0.1) is 0 Å². The minimum atomic E-state index is -3.99. The molecule has 2 aliphatic carbocycles. The van der Waals surface area contributed by atoms with Crippen LogP contribution in [-0.2, 0) is 40.0 Å². The Balaban J connectivity index is 2.27. The molecular weight excluding hydrogens is 608 g/mol. The zero-order valence-electron chi connectivity index (χ0n) is 31.2. The van der Waals surface area contributed by atoms with Gasteiger partial charge >= 0.3 is 275 Å². The molecule has 0 heterocycles. The zero-order chi connectivity index (χ0) is 33.1. The molecule has 1 heteroatoms. The molecular formula is C43H66Zr. The van der Waals surface area contributed by atoms with E-state index in [2.05, 4.69) is 146 Å². The van der Waals surface area contributed by atoms with Crippen molar-refractivity contribution < 1.29 is 18.3 Å². The molecule has 0 bridgehead atoms. The normalized spacial score (nSPS) is 16.6. The van der Waals surface area contributed by atoms with E-state index in [0.717, 1.165) is 0 Å². The van der Waals surface area contributed by atoms with Crippen molar-refractivity contribution in [2.45, 2.75) is 160 Å². The number of hydrogen-bond acceptors (Lipinski definition) is 0. The Hall–Kier alpha value is -1.33. The van der Waals surface area contributed by atoms with Crippen LogP contribution < -0.4 is 0 Å². The van der Waals surface area contributed by atoms with Crippen molar-refractivity contribution >= 4 is 4.21 Å². The summed E-state index contributed by atoms with van der Waals surface area (Å²) < 4.78 is 9.38. The first kappa shape index (κ1) is 35.5. The van der Waals surface area contributed by atoms with Crippen LogP contribution in [0.25, 0.3) is 11.1 Å². The van der Waals surface area contributed by atoms with Crippen molar-refractivity contribution in [3.05, 3.63) is 82.0 Å². The number of fused-ring (bicyclic) bond motifs is 3. The summed E-state index contributed by atoms with van der Waals surface area (Å²) in [5, 5.41) is 0. The Morgan fingerprint density at radius 1 is 0.545 bits per heavy atom. The first-order valence-corrected chi connectivity index (χ1v) is 25.9. The topological polar surface area (TPSA) is 0 Å². The molecule has 242 valence electrons. The number of benzene rings is 2. The van der Waals surface area contributed by atoms with Crippen molar-refractivity contribution in [2.24, 2.45) is 0 Å². The van der Waals surface area contributed by atoms with E-state index >= 15 is 0 Å². The van der Waals surface area contributed by atoms with E-state index in [9.17, 15) is 0 Å². The molecule has 4 rings (SSSR count). The van der Waals surface area contributed by atoms with E-state index in [1.165, 1.54) is 67.3 Å². The van der Waals surface area contributed by atoms with Crippen LogP contribution in [0.5, 0.6) is 0 Å². The molecule has 0 aliphatic heterocycles. The molecule has 0 saturated heterocycles. The number of unbranched alkanes of at least 4 members (excludes halogenated alkanes) is 2. The van der Waals surface area contributed by atoms with E-state index in [1.54, 1.807) is 11.1 Å². The second kappa shape index (κ2) is 11.7. The van der Waals surface area contributed by atoms with E-state index in [0.29, 0.717) is 7.25 Å². The molecule has 44 heavy (non-hydrogen) atoms. The SMILES string of the molecule is [CH2]=[Zr]([CH2]CCC)([CH2]CCC)([CH]1C=CC=C1)[CH]1c2cc(C(C)(C)C)c(C(C)(C)C)cc2-c2cc(C(C)(C)C)c(C(C)(C)C)cc21. The van der Waals surface area contributed by atoms with Crippen LogP contribution in [-0.4, -0.2) is 4.21 Å². The van der Waals surface area contributed by atoms with Gasteiger partial charge in [-0.25, -0.2) is 0 Å². The molecule has 2 aromatic rings. The fourth-order valence-corrected chi connectivity index (χ4v) is 28.0. The van der Waals surface area contributed by atoms with Gasteiger partial charge in [-0.15, -0.1) is 0 Å². The fraction of sp³-hybridized carbons (Fsp3) is 0.605. The van der Waals surface area contributed by atoms with Gasteiger partial charge in [0.1, 0.15) is 0 Å². The monoisotopic (exact) mass is 672 g/mol. The van der Waals surface area contributed by atoms with Crippen molar-refractivity contribution in [2.75, 3.05) is 0 Å². The van der Waals surface area contributed by atoms with E-state index in [-0.39, 0.29) is 21.7 Å². The third-order valence-electron chi connectivity index (χ3n) is 11.3. The molecule has 0 atom stereocenters. The van der Waals surface area contributed by atoms with E-state index < -0.39 is 18.3 Å². The zero-order valence-corrected chi connectivity index (χ0v) is 33.7. The predicted octanol–water partition coefficient (Wildman–Crippen LogP) is 13.4. The predicted molar refractivity (Wildman–Crippen MR) is 197 cm³/mol. The van der Waals surface area contributed by atoms with E-state index in [1.807, 2.05) is 0 Å². The third kappa shape index (κ3) is 6.19. The number of rotatable bonds is 8. The maximum atomic E-state index is 5.77. The number of hydrogen-bond donors (Lipinski definition) is 0. The summed E-state index contributed by atoms with van der Waals surface area (Å²) in [6.07, 6.45) is 14.9. The Morgan fingerprint density at radius 3 is 1.16 bits per heavy atom. The van der Waals surface area contributed by atoms with Gasteiger partial charge in [0.2, 0.25) is 0 Å². The van der Waals surface area contributed by atoms with Crippen LogP contribution in [0.15, 0.2) is 48.6 Å². The van der Waals surface area contributed by atoms with Crippen LogP contribution in [0.1, 0.15) is 160 Å². The van der Waals surface area contributed by atoms with Crippen molar-refractivity contribution in [3.63, 3.8) is 0 Å². The summed E-state index contributed by atoms with van der Waals surface area (Å²) in [6.45, 7) is 33.7. The van der Waals surface area contributed by atoms with Crippen molar-refractivity contribution in [1.29, 1.82) is 0 Å². The molecule has 0 unspecified atom stereocenters. The average Bonchev–Trinajstić information content (AvgIpc) is 3.55. The molecule has 0 spiro atoms. The summed E-state index contributed by atoms with van der Waals surface area (Å²) in [5.41, 5.74) is 12.6. The second-order valence-electron chi connectivity index (χ2n) is 19.0. The Labute approximate surface area is 273 Å². The molecule has 0 amide bonds. The van der Waals surface area contributed by atoms with Crippen molar-refractivity contribution in [3.8, 4) is 11.1 Å². The summed E-state index contributed by atoms with van der Waals surface area (Å²) in [5.74, 6) is 0. The van der Waals surface area contributed by atoms with Gasteiger partial charge in [-0.1, -0.05) is 0 Å². The van der Waals surface area contributed by atoms with Crippen LogP contribution in [0.2, 0.25) is 11.9 Å². The van der Waals surface area contributed by atoms with Gasteiger partial charge in [0.15, 0.2) is 0 Å². The van der Waals surface area contributed by atoms with Crippen LogP contribution in [0, 0.1) is 0 Å². The summed E-state index contributed by atoms with van der Waals surface area (Å²) in [7, 11) is 0. The Morgan fingerprint density at radius 2 is 0.864 bits per heavy atom. The first-order valence-electron chi connectivity index (χ1n) is 17.9. The molecule has 2 aliphatic rings. The molecule has 0 radical (unpaired) electrons. The molecule has 0 fully saturated rings. The van der Waals surface area contributed by atoms with Crippen LogP contribution in [0.4, 0.5) is 0 Å². The molecule has 0 aromatic heterocycles. The first-order chi connectivity index (χ1) is 20.1. The molecule has 0 N–H and O–H groups in total. The summed E-state index contributed by atoms with van der Waals surface area (Å²) in [4.78, 5) is 0. The van der Waals surface area contributed by atoms with Crippen LogP contribution >= 0.6 is 0 Å². The standard InChI is InChI=1S/C29H41.C5H5.2C4H9.CH2.Zr/c1-26(2,3)22-14-18-13-19-15-23(27(4,5)6)25(29(10,11)12)17-21(19)20(18)16-24(22)28(7,8)9;1-2-4-5-3-1;2*1-3-4-2;;/h13-17H,1-12H3;1-5H;2*1,3-4H2,2H3;1H2;. The number of allylic oxidation sites excluding steroid dienone is 4. The van der Waals surface area contributed by atoms with Gasteiger partial charge in [0, 0.05) is 0 Å². The fourth-order valence-electron chi connectivity index (χ4n) is 8.82. The molecule has 0 saturated carbocycles. The maximum absolute atomic E-state index is 5.77. The minimum absolute atomic E-state index is 0.0661. The van der Waals surface area contributed by atoms with E-state index in [4.69, 9.17) is 4.21 Å². The van der Waals surface area contributed by atoms with Crippen molar-refractivity contribution in [1.82, 2.24) is 0 Å². The summed E-state index contributed by atoms with van der Waals surface area (Å²) in [6, 6.07) is 10.7. The van der Waals surface area contributed by atoms with Gasteiger partial charge in [-0.2, -0.15) is 0 Å². The van der Waals surface area contributed by atoms with Gasteiger partial charge in [0.25, 0.3) is 0 Å².